The summed E-state index contributed by atoms with van der Waals surface area (Å²) < 4.78 is 28.9. The highest BCUT2D eigenvalue weighted by atomic mass is 32.2. The average Bonchev–Trinajstić information content (AvgIpc) is 2.88. The summed E-state index contributed by atoms with van der Waals surface area (Å²) >= 11 is 0. The van der Waals surface area contributed by atoms with Crippen molar-refractivity contribution in [3.8, 4) is 0 Å². The first-order valence-electron chi connectivity index (χ1n) is 7.66. The summed E-state index contributed by atoms with van der Waals surface area (Å²) in [6, 6.07) is 13.0. The van der Waals surface area contributed by atoms with Crippen molar-refractivity contribution in [2.75, 3.05) is 23.0 Å². The Morgan fingerprint density at radius 2 is 1.96 bits per heavy atom. The molecule has 2 aromatic rings. The molecule has 1 aliphatic heterocycles. The van der Waals surface area contributed by atoms with Crippen LogP contribution in [0.5, 0.6) is 0 Å². The summed E-state index contributed by atoms with van der Waals surface area (Å²) in [5, 5.41) is 1.91. The summed E-state index contributed by atoms with van der Waals surface area (Å²) in [6.07, 6.45) is -0.0596. The van der Waals surface area contributed by atoms with Crippen LogP contribution in [-0.2, 0) is 14.6 Å². The minimum absolute atomic E-state index is 0.0188. The van der Waals surface area contributed by atoms with Crippen molar-refractivity contribution in [3.05, 3.63) is 42.5 Å². The number of fused-ring (bicyclic) bond motifs is 1. The highest BCUT2D eigenvalue weighted by Crippen LogP contribution is 2.31. The molecule has 0 aromatic heterocycles. The van der Waals surface area contributed by atoms with Gasteiger partial charge in [-0.3, -0.25) is 4.90 Å². The first-order chi connectivity index (χ1) is 11.0. The number of benzene rings is 2. The normalized spacial score (nSPS) is 19.6. The van der Waals surface area contributed by atoms with Crippen LogP contribution in [0.1, 0.15) is 13.3 Å². The van der Waals surface area contributed by atoms with E-state index in [0.29, 0.717) is 12.1 Å². The van der Waals surface area contributed by atoms with E-state index in [0.717, 1.165) is 10.8 Å². The van der Waals surface area contributed by atoms with Crippen LogP contribution in [0.15, 0.2) is 42.5 Å². The molecule has 1 fully saturated rings. The molecule has 0 radical (unpaired) electrons. The van der Waals surface area contributed by atoms with E-state index in [2.05, 4.69) is 0 Å². The quantitative estimate of drug-likeness (QED) is 0.866. The predicted octanol–water partition coefficient (Wildman–Crippen LogP) is 2.99. The van der Waals surface area contributed by atoms with Crippen molar-refractivity contribution in [3.63, 3.8) is 0 Å². The molecule has 1 aliphatic rings. The van der Waals surface area contributed by atoms with Gasteiger partial charge in [0.2, 0.25) is 0 Å². The number of carbonyl (C=O) groups excluding carboxylic acids is 1. The van der Waals surface area contributed by atoms with Gasteiger partial charge in [0.1, 0.15) is 0 Å². The second-order valence-electron chi connectivity index (χ2n) is 5.62. The van der Waals surface area contributed by atoms with Crippen LogP contribution >= 0.6 is 0 Å². The fraction of sp³-hybridized carbons (Fsp3) is 0.353. The van der Waals surface area contributed by atoms with Crippen molar-refractivity contribution in [1.29, 1.82) is 0 Å². The van der Waals surface area contributed by atoms with E-state index in [4.69, 9.17) is 4.74 Å². The standard InChI is InChI=1S/C17H19NO4S/c1-2-22-17(19)18(14-10-11-23(20,21)12-14)16-9-5-7-13-6-3-4-8-15(13)16/h3-9,14H,2,10-12H2,1H3. The van der Waals surface area contributed by atoms with E-state index in [1.165, 1.54) is 4.90 Å². The molecule has 122 valence electrons. The molecule has 23 heavy (non-hydrogen) atoms. The SMILES string of the molecule is CCOC(=O)N(c1cccc2ccccc12)C1CCS(=O)(=O)C1. The Kier molecular flexibility index (Phi) is 4.26. The van der Waals surface area contributed by atoms with Gasteiger partial charge in [-0.05, 0) is 24.8 Å². The molecule has 5 nitrogen and oxygen atoms in total. The van der Waals surface area contributed by atoms with Gasteiger partial charge in [-0.15, -0.1) is 0 Å². The van der Waals surface area contributed by atoms with E-state index >= 15 is 0 Å². The van der Waals surface area contributed by atoms with Crippen LogP contribution in [-0.4, -0.2) is 38.7 Å². The summed E-state index contributed by atoms with van der Waals surface area (Å²) in [7, 11) is -3.10. The largest absolute Gasteiger partial charge is 0.449 e. The molecule has 1 saturated heterocycles. The van der Waals surface area contributed by atoms with E-state index in [9.17, 15) is 13.2 Å². The molecule has 0 N–H and O–H groups in total. The monoisotopic (exact) mass is 333 g/mol. The number of nitrogens with zero attached hydrogens (tertiary/aromatic N) is 1. The average molecular weight is 333 g/mol. The molecular weight excluding hydrogens is 314 g/mol. The number of rotatable bonds is 3. The van der Waals surface area contributed by atoms with Gasteiger partial charge in [-0.25, -0.2) is 13.2 Å². The van der Waals surface area contributed by atoms with Crippen molar-refractivity contribution in [2.24, 2.45) is 0 Å². The Morgan fingerprint density at radius 3 is 2.65 bits per heavy atom. The molecule has 0 aliphatic carbocycles. The number of hydrogen-bond acceptors (Lipinski definition) is 4. The van der Waals surface area contributed by atoms with Crippen molar-refractivity contribution < 1.29 is 17.9 Å². The van der Waals surface area contributed by atoms with Crippen LogP contribution in [0.25, 0.3) is 10.8 Å². The van der Waals surface area contributed by atoms with Crippen molar-refractivity contribution >= 4 is 32.4 Å². The summed E-state index contributed by atoms with van der Waals surface area (Å²) in [5.41, 5.74) is 0.698. The third-order valence-electron chi connectivity index (χ3n) is 4.06. The maximum atomic E-state index is 12.5. The van der Waals surface area contributed by atoms with E-state index in [-0.39, 0.29) is 24.2 Å². The molecule has 0 saturated carbocycles. The summed E-state index contributed by atoms with van der Waals surface area (Å²) in [5.74, 6) is 0.0906. The van der Waals surface area contributed by atoms with E-state index < -0.39 is 15.9 Å². The zero-order chi connectivity index (χ0) is 16.4. The van der Waals surface area contributed by atoms with E-state index in [1.54, 1.807) is 6.92 Å². The number of anilines is 1. The Morgan fingerprint density at radius 1 is 1.22 bits per heavy atom. The third kappa shape index (κ3) is 3.17. The minimum Gasteiger partial charge on any atom is -0.449 e. The number of carbonyl (C=O) groups is 1. The van der Waals surface area contributed by atoms with Gasteiger partial charge >= 0.3 is 6.09 Å². The highest BCUT2D eigenvalue weighted by Gasteiger charge is 2.36. The molecule has 2 aromatic carbocycles. The van der Waals surface area contributed by atoms with Gasteiger partial charge in [0.05, 0.1) is 29.8 Å². The van der Waals surface area contributed by atoms with E-state index in [1.807, 2.05) is 42.5 Å². The van der Waals surface area contributed by atoms with Crippen LogP contribution in [0, 0.1) is 0 Å². The first-order valence-corrected chi connectivity index (χ1v) is 9.48. The number of ether oxygens (including phenoxy) is 1. The fourth-order valence-electron chi connectivity index (χ4n) is 3.03. The lowest BCUT2D eigenvalue weighted by Crippen LogP contribution is -2.41. The Labute approximate surface area is 135 Å². The van der Waals surface area contributed by atoms with Gasteiger partial charge in [-0.2, -0.15) is 0 Å². The van der Waals surface area contributed by atoms with Gasteiger partial charge < -0.3 is 4.74 Å². The second-order valence-corrected chi connectivity index (χ2v) is 7.85. The van der Waals surface area contributed by atoms with Crippen LogP contribution in [0.3, 0.4) is 0 Å². The Hall–Kier alpha value is -2.08. The molecule has 1 unspecified atom stereocenters. The minimum atomic E-state index is -3.10. The second kappa shape index (κ2) is 6.20. The molecule has 1 atom stereocenters. The number of sulfone groups is 1. The summed E-state index contributed by atoms with van der Waals surface area (Å²) in [6.45, 7) is 1.99. The molecule has 3 rings (SSSR count). The zero-order valence-corrected chi connectivity index (χ0v) is 13.8. The predicted molar refractivity (Wildman–Crippen MR) is 90.5 cm³/mol. The van der Waals surface area contributed by atoms with Gasteiger partial charge in [0.25, 0.3) is 0 Å². The van der Waals surface area contributed by atoms with Crippen LogP contribution in [0.4, 0.5) is 10.5 Å². The first kappa shape index (κ1) is 15.8. The fourth-order valence-corrected chi connectivity index (χ4v) is 4.73. The molecule has 6 heteroatoms. The third-order valence-corrected chi connectivity index (χ3v) is 5.81. The molecular formula is C17H19NO4S. The highest BCUT2D eigenvalue weighted by molar-refractivity contribution is 7.91. The topological polar surface area (TPSA) is 63.7 Å². The smallest absolute Gasteiger partial charge is 0.414 e. The van der Waals surface area contributed by atoms with Crippen molar-refractivity contribution in [2.45, 2.75) is 19.4 Å². The maximum Gasteiger partial charge on any atom is 0.414 e. The van der Waals surface area contributed by atoms with Crippen LogP contribution < -0.4 is 4.90 Å². The summed E-state index contributed by atoms with van der Waals surface area (Å²) in [4.78, 5) is 14.0. The van der Waals surface area contributed by atoms with Crippen LogP contribution in [0.2, 0.25) is 0 Å². The lowest BCUT2D eigenvalue weighted by atomic mass is 10.1. The zero-order valence-electron chi connectivity index (χ0n) is 12.9. The van der Waals surface area contributed by atoms with Gasteiger partial charge in [-0.1, -0.05) is 36.4 Å². The Bertz CT molecular complexity index is 826. The maximum absolute atomic E-state index is 12.5. The molecule has 1 heterocycles. The Balaban J connectivity index is 2.09. The molecule has 0 bridgehead atoms. The van der Waals surface area contributed by atoms with Gasteiger partial charge in [0, 0.05) is 5.39 Å². The van der Waals surface area contributed by atoms with Gasteiger partial charge in [0.15, 0.2) is 9.84 Å². The molecule has 1 amide bonds. The molecule has 0 spiro atoms. The lowest BCUT2D eigenvalue weighted by Gasteiger charge is -2.28. The lowest BCUT2D eigenvalue weighted by molar-refractivity contribution is 0.158. The number of amides is 1. The van der Waals surface area contributed by atoms with Crippen molar-refractivity contribution in [1.82, 2.24) is 0 Å². The number of hydrogen-bond donors (Lipinski definition) is 0.